The minimum Gasteiger partial charge on any atom is -0.491 e. The van der Waals surface area contributed by atoms with Gasteiger partial charge in [0.25, 0.3) is 0 Å². The van der Waals surface area contributed by atoms with Gasteiger partial charge in [-0.05, 0) is 24.3 Å². The van der Waals surface area contributed by atoms with Gasteiger partial charge in [-0.25, -0.2) is 13.5 Å². The van der Waals surface area contributed by atoms with Gasteiger partial charge in [-0.2, -0.15) is 0 Å². The van der Waals surface area contributed by atoms with Gasteiger partial charge in [0, 0.05) is 10.5 Å². The Labute approximate surface area is 121 Å². The van der Waals surface area contributed by atoms with E-state index < -0.39 is 17.4 Å². The van der Waals surface area contributed by atoms with E-state index in [-0.39, 0.29) is 11.0 Å². The molecule has 7 heteroatoms. The molecule has 3 aromatic rings. The van der Waals surface area contributed by atoms with Gasteiger partial charge >= 0.3 is 0 Å². The molecule has 0 aliphatic carbocycles. The van der Waals surface area contributed by atoms with Crippen LogP contribution in [0.25, 0.3) is 16.7 Å². The second kappa shape index (κ2) is 4.82. The van der Waals surface area contributed by atoms with Crippen LogP contribution in [0.4, 0.5) is 8.78 Å². The average molecular weight is 340 g/mol. The molecule has 0 fully saturated rings. The van der Waals surface area contributed by atoms with Gasteiger partial charge in [0.15, 0.2) is 17.4 Å². The zero-order chi connectivity index (χ0) is 14.3. The van der Waals surface area contributed by atoms with Crippen molar-refractivity contribution in [3.63, 3.8) is 0 Å². The Morgan fingerprint density at radius 1 is 1.20 bits per heavy atom. The van der Waals surface area contributed by atoms with Crippen molar-refractivity contribution in [1.82, 2.24) is 15.0 Å². The Morgan fingerprint density at radius 3 is 2.55 bits per heavy atom. The molecule has 20 heavy (non-hydrogen) atoms. The molecule has 3 rings (SSSR count). The highest BCUT2D eigenvalue weighted by Crippen LogP contribution is 2.29. The monoisotopic (exact) mass is 339 g/mol. The summed E-state index contributed by atoms with van der Waals surface area (Å²) in [5, 5.41) is 7.64. The summed E-state index contributed by atoms with van der Waals surface area (Å²) in [7, 11) is 1.21. The fourth-order valence-electron chi connectivity index (χ4n) is 1.94. The summed E-state index contributed by atoms with van der Waals surface area (Å²) < 4.78 is 34.8. The van der Waals surface area contributed by atoms with Crippen LogP contribution in [-0.4, -0.2) is 22.1 Å². The standard InChI is InChI=1S/C13H8BrF2N3O/c1-20-13-9(15)6-10-12(11(13)16)19(18-17-10)8-4-2-7(14)3-5-8/h2-6H,1H3. The third-order valence-electron chi connectivity index (χ3n) is 2.86. The third-order valence-corrected chi connectivity index (χ3v) is 3.39. The number of benzene rings is 2. The molecule has 102 valence electrons. The molecule has 4 nitrogen and oxygen atoms in total. The van der Waals surface area contributed by atoms with E-state index in [1.807, 2.05) is 0 Å². The summed E-state index contributed by atoms with van der Waals surface area (Å²) in [6.07, 6.45) is 0. The van der Waals surface area contributed by atoms with Crippen LogP contribution in [0.3, 0.4) is 0 Å². The Hall–Kier alpha value is -2.02. The topological polar surface area (TPSA) is 39.9 Å². The quantitative estimate of drug-likeness (QED) is 0.717. The van der Waals surface area contributed by atoms with Crippen molar-refractivity contribution < 1.29 is 13.5 Å². The van der Waals surface area contributed by atoms with E-state index in [2.05, 4.69) is 26.2 Å². The van der Waals surface area contributed by atoms with Crippen molar-refractivity contribution >= 4 is 27.0 Å². The zero-order valence-electron chi connectivity index (χ0n) is 10.3. The van der Waals surface area contributed by atoms with Crippen LogP contribution >= 0.6 is 15.9 Å². The minimum atomic E-state index is -0.824. The summed E-state index contributed by atoms with van der Waals surface area (Å²) in [6.45, 7) is 0. The van der Waals surface area contributed by atoms with E-state index in [4.69, 9.17) is 4.74 Å². The fraction of sp³-hybridized carbons (Fsp3) is 0.0769. The van der Waals surface area contributed by atoms with E-state index in [1.165, 1.54) is 11.8 Å². The number of methoxy groups -OCH3 is 1. The van der Waals surface area contributed by atoms with Crippen LogP contribution in [0, 0.1) is 11.6 Å². The molecule has 0 spiro atoms. The molecule has 0 aliphatic heterocycles. The van der Waals surface area contributed by atoms with E-state index in [0.29, 0.717) is 5.69 Å². The normalized spacial score (nSPS) is 11.0. The van der Waals surface area contributed by atoms with E-state index in [0.717, 1.165) is 10.5 Å². The van der Waals surface area contributed by atoms with Crippen molar-refractivity contribution in [1.29, 1.82) is 0 Å². The lowest BCUT2D eigenvalue weighted by atomic mass is 10.2. The third kappa shape index (κ3) is 1.94. The van der Waals surface area contributed by atoms with Crippen LogP contribution in [0.15, 0.2) is 34.8 Å². The second-order valence-electron chi connectivity index (χ2n) is 4.05. The van der Waals surface area contributed by atoms with Gasteiger partial charge in [0.1, 0.15) is 11.0 Å². The first-order valence-corrected chi connectivity index (χ1v) is 6.44. The molecule has 0 aliphatic rings. The molecule has 0 saturated heterocycles. The van der Waals surface area contributed by atoms with Crippen molar-refractivity contribution in [2.45, 2.75) is 0 Å². The Morgan fingerprint density at radius 2 is 1.90 bits per heavy atom. The summed E-state index contributed by atoms with van der Waals surface area (Å²) in [6, 6.07) is 8.17. The highest BCUT2D eigenvalue weighted by molar-refractivity contribution is 9.10. The number of hydrogen-bond acceptors (Lipinski definition) is 3. The summed E-state index contributed by atoms with van der Waals surface area (Å²) in [5.41, 5.74) is 0.817. The van der Waals surface area contributed by atoms with Crippen molar-refractivity contribution in [2.75, 3.05) is 7.11 Å². The van der Waals surface area contributed by atoms with Crippen LogP contribution in [-0.2, 0) is 0 Å². The molecule has 0 radical (unpaired) electrons. The van der Waals surface area contributed by atoms with Crippen LogP contribution in [0.1, 0.15) is 0 Å². The van der Waals surface area contributed by atoms with E-state index >= 15 is 0 Å². The molecule has 2 aromatic carbocycles. The molecular weight excluding hydrogens is 332 g/mol. The van der Waals surface area contributed by atoms with E-state index in [9.17, 15) is 8.78 Å². The highest BCUT2D eigenvalue weighted by atomic mass is 79.9. The van der Waals surface area contributed by atoms with Crippen LogP contribution < -0.4 is 4.74 Å². The lowest BCUT2D eigenvalue weighted by Gasteiger charge is -2.06. The highest BCUT2D eigenvalue weighted by Gasteiger charge is 2.20. The Kier molecular flexibility index (Phi) is 3.13. The molecule has 0 unspecified atom stereocenters. The first-order chi connectivity index (χ1) is 9.61. The summed E-state index contributed by atoms with van der Waals surface area (Å²) in [4.78, 5) is 0. The van der Waals surface area contributed by atoms with Gasteiger partial charge in [0.2, 0.25) is 0 Å². The second-order valence-corrected chi connectivity index (χ2v) is 4.97. The molecule has 1 heterocycles. The van der Waals surface area contributed by atoms with Crippen molar-refractivity contribution in [3.8, 4) is 11.4 Å². The number of aromatic nitrogens is 3. The van der Waals surface area contributed by atoms with Gasteiger partial charge < -0.3 is 4.74 Å². The minimum absolute atomic E-state index is 0.0746. The number of halogens is 3. The number of fused-ring (bicyclic) bond motifs is 1. The van der Waals surface area contributed by atoms with Gasteiger partial charge in [-0.3, -0.25) is 0 Å². The van der Waals surface area contributed by atoms with E-state index in [1.54, 1.807) is 24.3 Å². The van der Waals surface area contributed by atoms with Gasteiger partial charge in [0.05, 0.1) is 12.8 Å². The number of nitrogens with zero attached hydrogens (tertiary/aromatic N) is 3. The van der Waals surface area contributed by atoms with Crippen LogP contribution in [0.5, 0.6) is 5.75 Å². The molecular formula is C13H8BrF2N3O. The lowest BCUT2D eigenvalue weighted by Crippen LogP contribution is -2.00. The first-order valence-electron chi connectivity index (χ1n) is 5.65. The first kappa shape index (κ1) is 13.0. The number of rotatable bonds is 2. The summed E-state index contributed by atoms with van der Waals surface area (Å²) >= 11 is 3.32. The SMILES string of the molecule is COc1c(F)cc2nnn(-c3ccc(Br)cc3)c2c1F. The maximum atomic E-state index is 14.3. The Bertz CT molecular complexity index is 786. The van der Waals surface area contributed by atoms with Crippen molar-refractivity contribution in [3.05, 3.63) is 46.4 Å². The zero-order valence-corrected chi connectivity index (χ0v) is 11.9. The Balaban J connectivity index is 2.30. The predicted octanol–water partition coefficient (Wildman–Crippen LogP) is 3.47. The average Bonchev–Trinajstić information content (AvgIpc) is 2.84. The number of ether oxygens (including phenoxy) is 1. The smallest absolute Gasteiger partial charge is 0.196 e. The molecule has 1 aromatic heterocycles. The van der Waals surface area contributed by atoms with Crippen molar-refractivity contribution in [2.24, 2.45) is 0 Å². The summed E-state index contributed by atoms with van der Waals surface area (Å²) in [5.74, 6) is -2.08. The maximum absolute atomic E-state index is 14.3. The molecule has 0 saturated carbocycles. The number of hydrogen-bond donors (Lipinski definition) is 0. The predicted molar refractivity (Wildman–Crippen MR) is 73.0 cm³/mol. The van der Waals surface area contributed by atoms with Crippen LogP contribution in [0.2, 0.25) is 0 Å². The fourth-order valence-corrected chi connectivity index (χ4v) is 2.21. The van der Waals surface area contributed by atoms with Gasteiger partial charge in [-0.1, -0.05) is 21.1 Å². The largest absolute Gasteiger partial charge is 0.491 e. The molecule has 0 bridgehead atoms. The lowest BCUT2D eigenvalue weighted by molar-refractivity contribution is 0.362. The molecule has 0 amide bonds. The van der Waals surface area contributed by atoms with Gasteiger partial charge in [-0.15, -0.1) is 5.10 Å². The molecule has 0 N–H and O–H groups in total. The maximum Gasteiger partial charge on any atom is 0.196 e. The molecule has 0 atom stereocenters.